The fourth-order valence-corrected chi connectivity index (χ4v) is 3.44. The van der Waals surface area contributed by atoms with Gasteiger partial charge in [0.25, 0.3) is 5.91 Å². The quantitative estimate of drug-likeness (QED) is 0.443. The molecular weight excluding hydrogens is 362 g/mol. The molecule has 0 saturated carbocycles. The highest BCUT2D eigenvalue weighted by molar-refractivity contribution is 8.26. The number of nitrogens with zero attached hydrogens (tertiary/aromatic N) is 1. The summed E-state index contributed by atoms with van der Waals surface area (Å²) in [5, 5.41) is 9.22. The van der Waals surface area contributed by atoms with Crippen molar-refractivity contribution in [3.8, 4) is 0 Å². The highest BCUT2D eigenvalue weighted by atomic mass is 32.2. The molecule has 1 saturated heterocycles. The number of hydrogen-bond donors (Lipinski definition) is 1. The van der Waals surface area contributed by atoms with E-state index in [2.05, 4.69) is 0 Å². The largest absolute Gasteiger partial charge is 0.478 e. The van der Waals surface area contributed by atoms with E-state index in [1.54, 1.807) is 18.2 Å². The summed E-state index contributed by atoms with van der Waals surface area (Å²) >= 11 is 6.28. The SMILES string of the molecule is CCCOC(=O)CCN1C(=O)/C(=C/c2ccccc2C(=O)O)SC1=S. The third-order valence-electron chi connectivity index (χ3n) is 3.36. The molecule has 0 bridgehead atoms. The summed E-state index contributed by atoms with van der Waals surface area (Å²) in [6.45, 7) is 2.39. The molecule has 0 atom stereocenters. The van der Waals surface area contributed by atoms with Crippen LogP contribution in [0.2, 0.25) is 0 Å². The van der Waals surface area contributed by atoms with Crippen LogP contribution < -0.4 is 0 Å². The van der Waals surface area contributed by atoms with Gasteiger partial charge in [-0.2, -0.15) is 0 Å². The lowest BCUT2D eigenvalue weighted by Crippen LogP contribution is -2.30. The summed E-state index contributed by atoms with van der Waals surface area (Å²) < 4.78 is 5.32. The number of aromatic carboxylic acids is 1. The van der Waals surface area contributed by atoms with Gasteiger partial charge in [-0.1, -0.05) is 49.1 Å². The zero-order chi connectivity index (χ0) is 18.4. The van der Waals surface area contributed by atoms with Gasteiger partial charge in [0.1, 0.15) is 4.32 Å². The number of ether oxygens (including phenoxy) is 1. The molecular formula is C17H17NO5S2. The minimum atomic E-state index is -1.07. The first-order valence-electron chi connectivity index (χ1n) is 7.67. The smallest absolute Gasteiger partial charge is 0.336 e. The number of carbonyl (C=O) groups is 3. The monoisotopic (exact) mass is 379 g/mol. The van der Waals surface area contributed by atoms with Gasteiger partial charge in [0.05, 0.1) is 23.5 Å². The van der Waals surface area contributed by atoms with E-state index in [0.717, 1.165) is 18.2 Å². The van der Waals surface area contributed by atoms with Gasteiger partial charge in [0, 0.05) is 6.54 Å². The molecule has 0 aliphatic carbocycles. The Morgan fingerprint density at radius 3 is 2.76 bits per heavy atom. The first-order valence-corrected chi connectivity index (χ1v) is 8.89. The second kappa shape index (κ2) is 8.77. The summed E-state index contributed by atoms with van der Waals surface area (Å²) in [6.07, 6.45) is 2.31. The first-order chi connectivity index (χ1) is 11.9. The molecule has 0 aromatic heterocycles. The molecule has 1 aromatic carbocycles. The summed E-state index contributed by atoms with van der Waals surface area (Å²) in [6, 6.07) is 6.41. The molecule has 1 aromatic rings. The van der Waals surface area contributed by atoms with Crippen molar-refractivity contribution in [1.82, 2.24) is 4.90 Å². The minimum absolute atomic E-state index is 0.0609. The molecule has 1 amide bonds. The Labute approximate surface area is 154 Å². The summed E-state index contributed by atoms with van der Waals surface area (Å²) in [7, 11) is 0. The van der Waals surface area contributed by atoms with E-state index in [0.29, 0.717) is 21.4 Å². The maximum Gasteiger partial charge on any atom is 0.336 e. The molecule has 1 aliphatic heterocycles. The van der Waals surface area contributed by atoms with Crippen LogP contribution in [0, 0.1) is 0 Å². The van der Waals surface area contributed by atoms with Crippen LogP contribution in [0.3, 0.4) is 0 Å². The molecule has 0 spiro atoms. The number of rotatable bonds is 7. The van der Waals surface area contributed by atoms with Crippen molar-refractivity contribution in [3.05, 3.63) is 40.3 Å². The highest BCUT2D eigenvalue weighted by Crippen LogP contribution is 2.33. The van der Waals surface area contributed by atoms with Crippen LogP contribution in [0.4, 0.5) is 0 Å². The summed E-state index contributed by atoms with van der Waals surface area (Å²) in [4.78, 5) is 37.0. The molecule has 1 aliphatic rings. The van der Waals surface area contributed by atoms with E-state index >= 15 is 0 Å². The van der Waals surface area contributed by atoms with Crippen molar-refractivity contribution in [3.63, 3.8) is 0 Å². The van der Waals surface area contributed by atoms with E-state index < -0.39 is 5.97 Å². The van der Waals surface area contributed by atoms with Gasteiger partial charge >= 0.3 is 11.9 Å². The lowest BCUT2D eigenvalue weighted by atomic mass is 10.1. The number of carbonyl (C=O) groups excluding carboxylic acids is 2. The molecule has 2 rings (SSSR count). The first kappa shape index (κ1) is 19.1. The number of esters is 1. The lowest BCUT2D eigenvalue weighted by molar-refractivity contribution is -0.143. The molecule has 1 fully saturated rings. The zero-order valence-electron chi connectivity index (χ0n) is 13.6. The lowest BCUT2D eigenvalue weighted by Gasteiger charge is -2.13. The van der Waals surface area contributed by atoms with Crippen LogP contribution in [-0.4, -0.2) is 45.3 Å². The van der Waals surface area contributed by atoms with Gasteiger partial charge in [0.2, 0.25) is 0 Å². The second-order valence-corrected chi connectivity index (χ2v) is 6.87. The zero-order valence-corrected chi connectivity index (χ0v) is 15.2. The van der Waals surface area contributed by atoms with Gasteiger partial charge in [0.15, 0.2) is 0 Å². The van der Waals surface area contributed by atoms with E-state index in [-0.39, 0.29) is 30.4 Å². The highest BCUT2D eigenvalue weighted by Gasteiger charge is 2.32. The standard InChI is InChI=1S/C17H17NO5S2/c1-2-9-23-14(19)7-8-18-15(20)13(25-17(18)24)10-11-5-3-4-6-12(11)16(21)22/h3-6,10H,2,7-9H2,1H3,(H,21,22)/b13-10-. The van der Waals surface area contributed by atoms with E-state index in [9.17, 15) is 19.5 Å². The number of carboxylic acid groups (broad SMARTS) is 1. The maximum absolute atomic E-state index is 12.5. The van der Waals surface area contributed by atoms with Crippen molar-refractivity contribution < 1.29 is 24.2 Å². The third-order valence-corrected chi connectivity index (χ3v) is 4.74. The number of benzene rings is 1. The predicted octanol–water partition coefficient (Wildman–Crippen LogP) is 2.93. The Bertz CT molecular complexity index is 744. The Morgan fingerprint density at radius 1 is 1.36 bits per heavy atom. The van der Waals surface area contributed by atoms with Gasteiger partial charge in [-0.25, -0.2) is 4.79 Å². The Kier molecular flexibility index (Phi) is 6.72. The van der Waals surface area contributed by atoms with Crippen molar-refractivity contribution in [2.75, 3.05) is 13.2 Å². The van der Waals surface area contributed by atoms with E-state index in [1.807, 2.05) is 6.92 Å². The fourth-order valence-electron chi connectivity index (χ4n) is 2.14. The Morgan fingerprint density at radius 2 is 2.08 bits per heavy atom. The summed E-state index contributed by atoms with van der Waals surface area (Å²) in [5.74, 6) is -1.78. The molecule has 6 nitrogen and oxygen atoms in total. The number of hydrogen-bond acceptors (Lipinski definition) is 6. The third kappa shape index (κ3) is 4.90. The van der Waals surface area contributed by atoms with Gasteiger partial charge < -0.3 is 9.84 Å². The summed E-state index contributed by atoms with van der Waals surface area (Å²) in [5.41, 5.74) is 0.536. The van der Waals surface area contributed by atoms with Gasteiger partial charge in [-0.3, -0.25) is 14.5 Å². The normalized spacial score (nSPS) is 15.7. The maximum atomic E-state index is 12.5. The van der Waals surface area contributed by atoms with Crippen molar-refractivity contribution >= 4 is 52.2 Å². The fraction of sp³-hybridized carbons (Fsp3) is 0.294. The topological polar surface area (TPSA) is 83.9 Å². The molecule has 1 N–H and O–H groups in total. The molecule has 1 heterocycles. The number of carboxylic acids is 1. The van der Waals surface area contributed by atoms with Crippen molar-refractivity contribution in [2.45, 2.75) is 19.8 Å². The Balaban J connectivity index is 2.11. The average Bonchev–Trinajstić information content (AvgIpc) is 2.85. The van der Waals surface area contributed by atoms with Crippen LogP contribution in [0.15, 0.2) is 29.2 Å². The van der Waals surface area contributed by atoms with E-state index in [4.69, 9.17) is 17.0 Å². The van der Waals surface area contributed by atoms with Crippen molar-refractivity contribution in [1.29, 1.82) is 0 Å². The average molecular weight is 379 g/mol. The van der Waals surface area contributed by atoms with E-state index in [1.165, 1.54) is 17.0 Å². The van der Waals surface area contributed by atoms with Crippen LogP contribution in [-0.2, 0) is 14.3 Å². The number of thioether (sulfide) groups is 1. The predicted molar refractivity (Wildman–Crippen MR) is 99.1 cm³/mol. The van der Waals surface area contributed by atoms with Crippen LogP contribution in [0.1, 0.15) is 35.7 Å². The van der Waals surface area contributed by atoms with Gasteiger partial charge in [-0.05, 0) is 24.1 Å². The van der Waals surface area contributed by atoms with Crippen LogP contribution in [0.5, 0.6) is 0 Å². The van der Waals surface area contributed by atoms with Crippen LogP contribution in [0.25, 0.3) is 6.08 Å². The second-order valence-electron chi connectivity index (χ2n) is 5.20. The Hall–Kier alpha value is -2.19. The molecule has 8 heteroatoms. The van der Waals surface area contributed by atoms with Crippen molar-refractivity contribution in [2.24, 2.45) is 0 Å². The van der Waals surface area contributed by atoms with Crippen LogP contribution >= 0.6 is 24.0 Å². The number of amides is 1. The molecule has 25 heavy (non-hydrogen) atoms. The molecule has 0 radical (unpaired) electrons. The minimum Gasteiger partial charge on any atom is -0.478 e. The van der Waals surface area contributed by atoms with Gasteiger partial charge in [-0.15, -0.1) is 0 Å². The molecule has 132 valence electrons. The molecule has 0 unspecified atom stereocenters. The number of thiocarbonyl (C=S) groups is 1.